The van der Waals surface area contributed by atoms with Crippen LogP contribution in [0.3, 0.4) is 0 Å². The van der Waals surface area contributed by atoms with Crippen LogP contribution in [0.4, 0.5) is 0 Å². The fourth-order valence-electron chi connectivity index (χ4n) is 1.88. The second kappa shape index (κ2) is 6.21. The van der Waals surface area contributed by atoms with Crippen molar-refractivity contribution in [2.75, 3.05) is 0 Å². The predicted octanol–water partition coefficient (Wildman–Crippen LogP) is 2.69. The molecule has 0 bridgehead atoms. The summed E-state index contributed by atoms with van der Waals surface area (Å²) >= 11 is 0. The van der Waals surface area contributed by atoms with Crippen LogP contribution >= 0.6 is 0 Å². The Morgan fingerprint density at radius 1 is 1.20 bits per heavy atom. The van der Waals surface area contributed by atoms with Gasteiger partial charge in [0.1, 0.15) is 12.4 Å². The standard InChI is InChI=1S/C16H16O4/c1-11-9-13(15(17)16(18)19)7-8-14(11)20-10-12-5-3-2-4-6-12/h2-9,15,17H,10H2,1H3,(H,18,19). The molecule has 1 unspecified atom stereocenters. The summed E-state index contributed by atoms with van der Waals surface area (Å²) in [6.07, 6.45) is -1.50. The topological polar surface area (TPSA) is 66.8 Å². The molecule has 0 fully saturated rings. The molecule has 20 heavy (non-hydrogen) atoms. The average molecular weight is 272 g/mol. The van der Waals surface area contributed by atoms with E-state index in [4.69, 9.17) is 9.84 Å². The van der Waals surface area contributed by atoms with Crippen LogP contribution in [0, 0.1) is 6.92 Å². The van der Waals surface area contributed by atoms with E-state index in [1.807, 2.05) is 37.3 Å². The highest BCUT2D eigenvalue weighted by atomic mass is 16.5. The minimum absolute atomic E-state index is 0.349. The summed E-state index contributed by atoms with van der Waals surface area (Å²) in [6, 6.07) is 14.6. The highest BCUT2D eigenvalue weighted by Crippen LogP contribution is 2.23. The fraction of sp³-hybridized carbons (Fsp3) is 0.188. The number of benzene rings is 2. The zero-order chi connectivity index (χ0) is 14.5. The van der Waals surface area contributed by atoms with Crippen molar-refractivity contribution in [3.63, 3.8) is 0 Å². The normalized spacial score (nSPS) is 11.9. The lowest BCUT2D eigenvalue weighted by Gasteiger charge is -2.12. The third-order valence-electron chi connectivity index (χ3n) is 2.99. The number of aliphatic hydroxyl groups is 1. The SMILES string of the molecule is Cc1cc(C(O)C(=O)O)ccc1OCc1ccccc1. The number of carboxylic acids is 1. The van der Waals surface area contributed by atoms with Crippen molar-refractivity contribution < 1.29 is 19.7 Å². The van der Waals surface area contributed by atoms with Crippen molar-refractivity contribution >= 4 is 5.97 Å². The molecule has 2 aromatic rings. The maximum atomic E-state index is 10.7. The molecule has 0 aliphatic carbocycles. The van der Waals surface area contributed by atoms with E-state index in [2.05, 4.69) is 0 Å². The molecule has 1 atom stereocenters. The molecule has 4 nitrogen and oxygen atoms in total. The molecule has 2 N–H and O–H groups in total. The summed E-state index contributed by atoms with van der Waals surface area (Å²) in [6.45, 7) is 2.26. The number of aliphatic carboxylic acids is 1. The Balaban J connectivity index is 2.08. The highest BCUT2D eigenvalue weighted by Gasteiger charge is 2.16. The van der Waals surface area contributed by atoms with Crippen LogP contribution < -0.4 is 4.74 Å². The molecule has 0 saturated carbocycles. The van der Waals surface area contributed by atoms with Crippen molar-refractivity contribution in [3.05, 3.63) is 65.2 Å². The number of carboxylic acid groups (broad SMARTS) is 1. The minimum atomic E-state index is -1.50. The largest absolute Gasteiger partial charge is 0.489 e. The highest BCUT2D eigenvalue weighted by molar-refractivity contribution is 5.74. The van der Waals surface area contributed by atoms with E-state index in [-0.39, 0.29) is 0 Å². The first-order chi connectivity index (χ1) is 9.58. The van der Waals surface area contributed by atoms with Crippen LogP contribution in [-0.2, 0) is 11.4 Å². The molecule has 4 heteroatoms. The maximum Gasteiger partial charge on any atom is 0.337 e. The average Bonchev–Trinajstić information content (AvgIpc) is 2.46. The van der Waals surface area contributed by atoms with Crippen molar-refractivity contribution in [1.82, 2.24) is 0 Å². The summed E-state index contributed by atoms with van der Waals surface area (Å²) in [4.78, 5) is 10.7. The number of aryl methyl sites for hydroxylation is 1. The van der Waals surface area contributed by atoms with Gasteiger partial charge in [-0.3, -0.25) is 0 Å². The number of hydrogen-bond acceptors (Lipinski definition) is 3. The molecular formula is C16H16O4. The van der Waals surface area contributed by atoms with Crippen LogP contribution in [0.2, 0.25) is 0 Å². The first kappa shape index (κ1) is 14.1. The van der Waals surface area contributed by atoms with Gasteiger partial charge in [-0.2, -0.15) is 0 Å². The lowest BCUT2D eigenvalue weighted by atomic mass is 10.1. The lowest BCUT2D eigenvalue weighted by Crippen LogP contribution is -2.10. The van der Waals surface area contributed by atoms with Crippen LogP contribution in [0.15, 0.2) is 48.5 Å². The number of hydrogen-bond donors (Lipinski definition) is 2. The summed E-state index contributed by atoms with van der Waals surface area (Å²) in [7, 11) is 0. The van der Waals surface area contributed by atoms with Gasteiger partial charge in [0.2, 0.25) is 0 Å². The molecule has 0 heterocycles. The van der Waals surface area contributed by atoms with Gasteiger partial charge >= 0.3 is 5.97 Å². The van der Waals surface area contributed by atoms with Crippen molar-refractivity contribution in [3.8, 4) is 5.75 Å². The smallest absolute Gasteiger partial charge is 0.337 e. The van der Waals surface area contributed by atoms with Gasteiger partial charge in [-0.15, -0.1) is 0 Å². The molecule has 104 valence electrons. The third-order valence-corrected chi connectivity index (χ3v) is 2.99. The Hall–Kier alpha value is -2.33. The molecule has 2 rings (SSSR count). The Kier molecular flexibility index (Phi) is 4.38. The van der Waals surface area contributed by atoms with E-state index >= 15 is 0 Å². The Labute approximate surface area is 117 Å². The Morgan fingerprint density at radius 2 is 1.90 bits per heavy atom. The summed E-state index contributed by atoms with van der Waals surface area (Å²) in [5.74, 6) is -0.586. The summed E-state index contributed by atoms with van der Waals surface area (Å²) < 4.78 is 5.69. The zero-order valence-corrected chi connectivity index (χ0v) is 11.1. The molecule has 0 aromatic heterocycles. The number of ether oxygens (including phenoxy) is 1. The van der Waals surface area contributed by atoms with Crippen molar-refractivity contribution in [2.45, 2.75) is 19.6 Å². The molecular weight excluding hydrogens is 256 g/mol. The predicted molar refractivity (Wildman–Crippen MR) is 74.5 cm³/mol. The number of aliphatic hydroxyl groups excluding tert-OH is 1. The van der Waals surface area contributed by atoms with Crippen LogP contribution in [-0.4, -0.2) is 16.2 Å². The van der Waals surface area contributed by atoms with Gasteiger partial charge in [0.15, 0.2) is 6.10 Å². The lowest BCUT2D eigenvalue weighted by molar-refractivity contribution is -0.146. The molecule has 0 saturated heterocycles. The van der Waals surface area contributed by atoms with E-state index in [1.54, 1.807) is 18.2 Å². The van der Waals surface area contributed by atoms with E-state index < -0.39 is 12.1 Å². The van der Waals surface area contributed by atoms with Gasteiger partial charge in [0, 0.05) is 0 Å². The van der Waals surface area contributed by atoms with Gasteiger partial charge in [0.25, 0.3) is 0 Å². The van der Waals surface area contributed by atoms with Crippen LogP contribution in [0.25, 0.3) is 0 Å². The van der Waals surface area contributed by atoms with Crippen molar-refractivity contribution in [2.24, 2.45) is 0 Å². The molecule has 0 amide bonds. The molecule has 0 aliphatic heterocycles. The first-order valence-electron chi connectivity index (χ1n) is 6.26. The quantitative estimate of drug-likeness (QED) is 0.878. The van der Waals surface area contributed by atoms with Gasteiger partial charge in [0.05, 0.1) is 0 Å². The van der Waals surface area contributed by atoms with Gasteiger partial charge in [-0.1, -0.05) is 36.4 Å². The summed E-state index contributed by atoms with van der Waals surface area (Å²) in [5.41, 5.74) is 2.20. The number of carbonyl (C=O) groups is 1. The van der Waals surface area contributed by atoms with Gasteiger partial charge in [-0.05, 0) is 35.7 Å². The van der Waals surface area contributed by atoms with Crippen LogP contribution in [0.5, 0.6) is 5.75 Å². The van der Waals surface area contributed by atoms with Crippen LogP contribution in [0.1, 0.15) is 22.8 Å². The monoisotopic (exact) mass is 272 g/mol. The second-order valence-electron chi connectivity index (χ2n) is 4.54. The minimum Gasteiger partial charge on any atom is -0.489 e. The number of rotatable bonds is 5. The van der Waals surface area contributed by atoms with E-state index in [0.29, 0.717) is 17.9 Å². The van der Waals surface area contributed by atoms with Gasteiger partial charge < -0.3 is 14.9 Å². The molecule has 0 spiro atoms. The third kappa shape index (κ3) is 3.36. The zero-order valence-electron chi connectivity index (χ0n) is 11.1. The summed E-state index contributed by atoms with van der Waals surface area (Å²) in [5, 5.41) is 18.2. The first-order valence-corrected chi connectivity index (χ1v) is 6.26. The molecule has 0 radical (unpaired) electrons. The van der Waals surface area contributed by atoms with E-state index in [1.165, 1.54) is 0 Å². The van der Waals surface area contributed by atoms with Gasteiger partial charge in [-0.25, -0.2) is 4.79 Å². The molecule has 2 aromatic carbocycles. The van der Waals surface area contributed by atoms with E-state index in [9.17, 15) is 9.90 Å². The second-order valence-corrected chi connectivity index (χ2v) is 4.54. The van der Waals surface area contributed by atoms with Crippen molar-refractivity contribution in [1.29, 1.82) is 0 Å². The fourth-order valence-corrected chi connectivity index (χ4v) is 1.88. The molecule has 0 aliphatic rings. The Morgan fingerprint density at radius 3 is 2.50 bits per heavy atom. The Bertz CT molecular complexity index is 593. The van der Waals surface area contributed by atoms with E-state index in [0.717, 1.165) is 11.1 Å². The maximum absolute atomic E-state index is 10.7.